The zero-order valence-electron chi connectivity index (χ0n) is 12.5. The fourth-order valence-electron chi connectivity index (χ4n) is 4.07. The first kappa shape index (κ1) is 15.6. The second-order valence-corrected chi connectivity index (χ2v) is 7.22. The van der Waals surface area contributed by atoms with E-state index in [9.17, 15) is 5.11 Å². The minimum Gasteiger partial charge on any atom is -0.388 e. The molecule has 1 unspecified atom stereocenters. The number of halogens is 2. The minimum absolute atomic E-state index is 0.0568. The number of likely N-dealkylation sites (N-methyl/N-ethyl adjacent to an activating group) is 1. The Labute approximate surface area is 137 Å². The lowest BCUT2D eigenvalue weighted by atomic mass is 9.73. The van der Waals surface area contributed by atoms with Crippen molar-refractivity contribution in [1.29, 1.82) is 0 Å². The maximum absolute atomic E-state index is 11.3. The highest BCUT2D eigenvalue weighted by molar-refractivity contribution is 6.42. The fourth-order valence-corrected chi connectivity index (χ4v) is 4.43. The Balaban J connectivity index is 2.06. The van der Waals surface area contributed by atoms with Crippen LogP contribution in [-0.4, -0.2) is 28.7 Å². The summed E-state index contributed by atoms with van der Waals surface area (Å²) in [5.41, 5.74) is 1.81. The largest absolute Gasteiger partial charge is 0.388 e. The van der Waals surface area contributed by atoms with Crippen LogP contribution in [0.4, 0.5) is 0 Å². The molecule has 3 rings (SSSR count). The van der Waals surface area contributed by atoms with E-state index in [0.29, 0.717) is 10.0 Å². The summed E-state index contributed by atoms with van der Waals surface area (Å²) in [6.45, 7) is 4.10. The molecule has 2 nitrogen and oxygen atoms in total. The molecule has 1 heterocycles. The molecule has 1 saturated carbocycles. The molecule has 1 aromatic carbocycles. The first-order valence-corrected chi connectivity index (χ1v) is 8.75. The van der Waals surface area contributed by atoms with Crippen LogP contribution in [0, 0.1) is 0 Å². The quantitative estimate of drug-likeness (QED) is 0.857. The lowest BCUT2D eigenvalue weighted by molar-refractivity contribution is -0.0771. The lowest BCUT2D eigenvalue weighted by Gasteiger charge is -2.48. The molecule has 21 heavy (non-hydrogen) atoms. The van der Waals surface area contributed by atoms with Crippen LogP contribution < -0.4 is 0 Å². The van der Waals surface area contributed by atoms with Crippen LogP contribution in [0.1, 0.15) is 56.2 Å². The van der Waals surface area contributed by atoms with Gasteiger partial charge in [-0.3, -0.25) is 4.90 Å². The second kappa shape index (κ2) is 6.08. The lowest BCUT2D eigenvalue weighted by Crippen LogP contribution is -2.50. The summed E-state index contributed by atoms with van der Waals surface area (Å²) in [7, 11) is 0. The highest BCUT2D eigenvalue weighted by atomic mass is 35.5. The van der Waals surface area contributed by atoms with Crippen LogP contribution >= 0.6 is 23.2 Å². The summed E-state index contributed by atoms with van der Waals surface area (Å²) in [5.74, 6) is 0. The van der Waals surface area contributed by atoms with Gasteiger partial charge in [-0.25, -0.2) is 0 Å². The van der Waals surface area contributed by atoms with E-state index in [-0.39, 0.29) is 6.04 Å². The van der Waals surface area contributed by atoms with Gasteiger partial charge in [0.2, 0.25) is 0 Å². The topological polar surface area (TPSA) is 23.5 Å². The molecule has 1 atom stereocenters. The van der Waals surface area contributed by atoms with Crippen molar-refractivity contribution in [2.45, 2.75) is 57.1 Å². The van der Waals surface area contributed by atoms with E-state index in [2.05, 4.69) is 11.8 Å². The summed E-state index contributed by atoms with van der Waals surface area (Å²) in [6, 6.07) is 4.03. The van der Waals surface area contributed by atoms with Gasteiger partial charge in [0.25, 0.3) is 0 Å². The Morgan fingerprint density at radius 1 is 1.19 bits per heavy atom. The van der Waals surface area contributed by atoms with E-state index >= 15 is 0 Å². The average molecular weight is 328 g/mol. The minimum atomic E-state index is -0.624. The van der Waals surface area contributed by atoms with Crippen LogP contribution in [0.3, 0.4) is 0 Å². The Morgan fingerprint density at radius 3 is 2.52 bits per heavy atom. The zero-order valence-corrected chi connectivity index (χ0v) is 14.1. The van der Waals surface area contributed by atoms with Crippen LogP contribution in [0.15, 0.2) is 12.1 Å². The van der Waals surface area contributed by atoms with Gasteiger partial charge in [-0.1, -0.05) is 49.4 Å². The van der Waals surface area contributed by atoms with Crippen LogP contribution in [0.25, 0.3) is 0 Å². The SMILES string of the molecule is CCN1CCc2cc(Cl)c(Cl)cc2C1C1(O)CCCCC1. The van der Waals surface area contributed by atoms with Crippen molar-refractivity contribution in [1.82, 2.24) is 4.90 Å². The predicted octanol–water partition coefficient (Wildman–Crippen LogP) is 4.61. The molecule has 1 aliphatic carbocycles. The normalized spacial score (nSPS) is 25.6. The van der Waals surface area contributed by atoms with Gasteiger partial charge in [0, 0.05) is 6.54 Å². The van der Waals surface area contributed by atoms with Crippen LogP contribution in [0.2, 0.25) is 10.0 Å². The Bertz CT molecular complexity index is 526. The van der Waals surface area contributed by atoms with Crippen molar-refractivity contribution in [2.24, 2.45) is 0 Å². The Morgan fingerprint density at radius 2 is 1.86 bits per heavy atom. The Kier molecular flexibility index (Phi) is 4.52. The monoisotopic (exact) mass is 327 g/mol. The van der Waals surface area contributed by atoms with Crippen molar-refractivity contribution in [3.8, 4) is 0 Å². The van der Waals surface area contributed by atoms with E-state index in [1.807, 2.05) is 12.1 Å². The summed E-state index contributed by atoms with van der Waals surface area (Å²) in [6.07, 6.45) is 6.20. The molecule has 1 N–H and O–H groups in total. The van der Waals surface area contributed by atoms with E-state index < -0.39 is 5.60 Å². The standard InChI is InChI=1S/C17H23Cl2NO/c1-2-20-9-6-12-10-14(18)15(19)11-13(12)16(20)17(21)7-4-3-5-8-17/h10-11,16,21H,2-9H2,1H3. The van der Waals surface area contributed by atoms with Gasteiger partial charge in [-0.15, -0.1) is 0 Å². The number of aliphatic hydroxyl groups is 1. The number of fused-ring (bicyclic) bond motifs is 1. The molecule has 2 aliphatic rings. The van der Waals surface area contributed by atoms with Crippen molar-refractivity contribution in [3.63, 3.8) is 0 Å². The van der Waals surface area contributed by atoms with E-state index in [1.165, 1.54) is 17.5 Å². The molecule has 0 amide bonds. The number of hydrogen-bond donors (Lipinski definition) is 1. The van der Waals surface area contributed by atoms with Crippen LogP contribution in [-0.2, 0) is 6.42 Å². The maximum Gasteiger partial charge on any atom is 0.0843 e. The summed E-state index contributed by atoms with van der Waals surface area (Å²) in [5, 5.41) is 12.5. The molecule has 0 radical (unpaired) electrons. The Hall–Kier alpha value is -0.280. The van der Waals surface area contributed by atoms with E-state index in [1.54, 1.807) is 0 Å². The average Bonchev–Trinajstić information content (AvgIpc) is 2.48. The van der Waals surface area contributed by atoms with Gasteiger partial charge in [-0.2, -0.15) is 0 Å². The summed E-state index contributed by atoms with van der Waals surface area (Å²) < 4.78 is 0. The summed E-state index contributed by atoms with van der Waals surface area (Å²) in [4.78, 5) is 2.40. The third-order valence-corrected chi connectivity index (χ3v) is 5.87. The number of hydrogen-bond acceptors (Lipinski definition) is 2. The van der Waals surface area contributed by atoms with E-state index in [4.69, 9.17) is 23.2 Å². The molecule has 4 heteroatoms. The van der Waals surface area contributed by atoms with Gasteiger partial charge < -0.3 is 5.11 Å². The summed E-state index contributed by atoms with van der Waals surface area (Å²) >= 11 is 12.4. The zero-order chi connectivity index (χ0) is 15.0. The predicted molar refractivity (Wildman–Crippen MR) is 88.2 cm³/mol. The number of nitrogens with zero attached hydrogens (tertiary/aromatic N) is 1. The highest BCUT2D eigenvalue weighted by Gasteiger charge is 2.44. The molecule has 0 aromatic heterocycles. The first-order valence-electron chi connectivity index (χ1n) is 7.99. The maximum atomic E-state index is 11.3. The number of rotatable bonds is 2. The van der Waals surface area contributed by atoms with Gasteiger partial charge >= 0.3 is 0 Å². The highest BCUT2D eigenvalue weighted by Crippen LogP contribution is 2.46. The molecule has 1 fully saturated rings. The molecular weight excluding hydrogens is 305 g/mol. The van der Waals surface area contributed by atoms with Crippen molar-refractivity contribution in [3.05, 3.63) is 33.3 Å². The molecule has 0 spiro atoms. The molecule has 0 bridgehead atoms. The van der Waals surface area contributed by atoms with Crippen molar-refractivity contribution < 1.29 is 5.11 Å². The van der Waals surface area contributed by atoms with Gasteiger partial charge in [-0.05, 0) is 49.1 Å². The number of benzene rings is 1. The van der Waals surface area contributed by atoms with E-state index in [0.717, 1.165) is 45.2 Å². The van der Waals surface area contributed by atoms with Gasteiger partial charge in [0.15, 0.2) is 0 Å². The smallest absolute Gasteiger partial charge is 0.0843 e. The molecular formula is C17H23Cl2NO. The van der Waals surface area contributed by atoms with Crippen molar-refractivity contribution in [2.75, 3.05) is 13.1 Å². The van der Waals surface area contributed by atoms with Gasteiger partial charge in [0.05, 0.1) is 21.7 Å². The molecule has 116 valence electrons. The van der Waals surface area contributed by atoms with Crippen molar-refractivity contribution >= 4 is 23.2 Å². The second-order valence-electron chi connectivity index (χ2n) is 6.41. The molecule has 1 aliphatic heterocycles. The molecule has 1 aromatic rings. The van der Waals surface area contributed by atoms with Crippen LogP contribution in [0.5, 0.6) is 0 Å². The molecule has 0 saturated heterocycles. The fraction of sp³-hybridized carbons (Fsp3) is 0.647. The third kappa shape index (κ3) is 2.84. The third-order valence-electron chi connectivity index (χ3n) is 5.14. The van der Waals surface area contributed by atoms with Gasteiger partial charge in [0.1, 0.15) is 0 Å². The first-order chi connectivity index (χ1) is 10.0.